The molecule has 1 amide bonds. The van der Waals surface area contributed by atoms with Gasteiger partial charge in [0, 0.05) is 22.4 Å². The number of benzene rings is 1. The van der Waals surface area contributed by atoms with Crippen molar-refractivity contribution in [3.05, 3.63) is 62.4 Å². The molecule has 6 heteroatoms. The van der Waals surface area contributed by atoms with Gasteiger partial charge in [-0.2, -0.15) is 0 Å². The number of pyridine rings is 1. The number of nitrogens with zero attached hydrogens (tertiary/aromatic N) is 1. The second-order valence-corrected chi connectivity index (χ2v) is 5.62. The van der Waals surface area contributed by atoms with Crippen molar-refractivity contribution in [2.24, 2.45) is 0 Å². The molecule has 0 spiro atoms. The number of nitrogens with one attached hydrogen (secondary N) is 1. The van der Waals surface area contributed by atoms with Crippen molar-refractivity contribution >= 4 is 39.1 Å². The fraction of sp³-hybridized carbons (Fsp3) is 0.143. The predicted octanol–water partition coefficient (Wildman–Crippen LogP) is 3.46. The summed E-state index contributed by atoms with van der Waals surface area (Å²) in [5.74, 6) is -0.281. The lowest BCUT2D eigenvalue weighted by Crippen LogP contribution is -2.30. The van der Waals surface area contributed by atoms with Crippen molar-refractivity contribution in [3.63, 3.8) is 0 Å². The van der Waals surface area contributed by atoms with E-state index < -0.39 is 6.04 Å². The molecule has 0 aliphatic carbocycles. The first kappa shape index (κ1) is 14.8. The van der Waals surface area contributed by atoms with Gasteiger partial charge in [-0.15, -0.1) is 0 Å². The minimum atomic E-state index is -0.648. The highest BCUT2D eigenvalue weighted by Crippen LogP contribution is 2.16. The summed E-state index contributed by atoms with van der Waals surface area (Å²) in [5.41, 5.74) is 0.396. The number of hydrogen-bond acceptors (Lipinski definition) is 2. The highest BCUT2D eigenvalue weighted by molar-refractivity contribution is 9.10. The molecular formula is C14H12BrClN2O2. The topological polar surface area (TPSA) is 51.1 Å². The maximum Gasteiger partial charge on any atom is 0.251 e. The molecule has 104 valence electrons. The van der Waals surface area contributed by atoms with Crippen LogP contribution in [-0.2, 0) is 4.79 Å². The molecule has 4 nitrogen and oxygen atoms in total. The first-order chi connectivity index (χ1) is 9.47. The first-order valence-corrected chi connectivity index (χ1v) is 7.08. The molecule has 1 aromatic heterocycles. The normalized spacial score (nSPS) is 11.9. The Hall–Kier alpha value is -1.59. The average Bonchev–Trinajstić information content (AvgIpc) is 2.43. The van der Waals surface area contributed by atoms with Crippen LogP contribution in [0.5, 0.6) is 0 Å². The van der Waals surface area contributed by atoms with Crippen LogP contribution in [0.4, 0.5) is 5.69 Å². The number of rotatable bonds is 3. The van der Waals surface area contributed by atoms with Crippen LogP contribution >= 0.6 is 27.5 Å². The van der Waals surface area contributed by atoms with E-state index in [0.29, 0.717) is 10.7 Å². The van der Waals surface area contributed by atoms with Gasteiger partial charge in [-0.25, -0.2) is 0 Å². The van der Waals surface area contributed by atoms with E-state index in [1.165, 1.54) is 22.9 Å². The Morgan fingerprint density at radius 1 is 1.25 bits per heavy atom. The number of halogens is 2. The number of aromatic nitrogens is 1. The fourth-order valence-electron chi connectivity index (χ4n) is 1.69. The van der Waals surface area contributed by atoms with Crippen molar-refractivity contribution in [2.75, 3.05) is 5.32 Å². The molecular weight excluding hydrogens is 344 g/mol. The van der Waals surface area contributed by atoms with Crippen LogP contribution in [0.1, 0.15) is 13.0 Å². The molecule has 1 unspecified atom stereocenters. The van der Waals surface area contributed by atoms with E-state index in [1.54, 1.807) is 19.1 Å². The Kier molecular flexibility index (Phi) is 4.62. The van der Waals surface area contributed by atoms with E-state index in [4.69, 9.17) is 11.6 Å². The summed E-state index contributed by atoms with van der Waals surface area (Å²) < 4.78 is 2.23. The molecule has 0 radical (unpaired) electrons. The van der Waals surface area contributed by atoms with Crippen molar-refractivity contribution < 1.29 is 4.79 Å². The number of carbonyl (C=O) groups is 1. The Labute approximate surface area is 129 Å². The molecule has 0 fully saturated rings. The van der Waals surface area contributed by atoms with Gasteiger partial charge in [0.25, 0.3) is 5.56 Å². The molecule has 1 aromatic carbocycles. The Balaban J connectivity index is 2.18. The summed E-state index contributed by atoms with van der Waals surface area (Å²) >= 11 is 9.17. The lowest BCUT2D eigenvalue weighted by atomic mass is 10.2. The van der Waals surface area contributed by atoms with Crippen LogP contribution < -0.4 is 10.9 Å². The van der Waals surface area contributed by atoms with Crippen LogP contribution in [0.25, 0.3) is 0 Å². The quantitative estimate of drug-likeness (QED) is 0.916. The van der Waals surface area contributed by atoms with E-state index in [2.05, 4.69) is 21.2 Å². The third kappa shape index (κ3) is 3.49. The number of anilines is 1. The first-order valence-electron chi connectivity index (χ1n) is 5.91. The summed E-state index contributed by atoms with van der Waals surface area (Å²) in [6.07, 6.45) is 1.45. The zero-order valence-electron chi connectivity index (χ0n) is 10.6. The average molecular weight is 356 g/mol. The van der Waals surface area contributed by atoms with Crippen molar-refractivity contribution in [3.8, 4) is 0 Å². The third-order valence-electron chi connectivity index (χ3n) is 2.81. The lowest BCUT2D eigenvalue weighted by molar-refractivity contribution is -0.118. The molecule has 0 bridgehead atoms. The van der Waals surface area contributed by atoms with Crippen LogP contribution in [0.3, 0.4) is 0 Å². The minimum absolute atomic E-state index is 0.271. The van der Waals surface area contributed by atoms with Gasteiger partial charge in [0.15, 0.2) is 0 Å². The Morgan fingerprint density at radius 2 is 1.90 bits per heavy atom. The third-order valence-corrected chi connectivity index (χ3v) is 3.56. The van der Waals surface area contributed by atoms with Crippen molar-refractivity contribution in [1.82, 2.24) is 4.57 Å². The molecule has 1 atom stereocenters. The lowest BCUT2D eigenvalue weighted by Gasteiger charge is -2.15. The summed E-state index contributed by atoms with van der Waals surface area (Å²) in [7, 11) is 0. The summed E-state index contributed by atoms with van der Waals surface area (Å²) in [5, 5.41) is 3.16. The standard InChI is InChI=1S/C14H12BrClN2O2/c1-9(18-8-11(16)4-7-13(18)19)14(20)17-12-5-2-10(15)3-6-12/h2-9H,1H3,(H,17,20). The van der Waals surface area contributed by atoms with E-state index >= 15 is 0 Å². The smallest absolute Gasteiger partial charge is 0.251 e. The number of carbonyl (C=O) groups excluding carboxylic acids is 1. The van der Waals surface area contributed by atoms with Gasteiger partial charge in [-0.3, -0.25) is 9.59 Å². The number of hydrogen-bond donors (Lipinski definition) is 1. The molecule has 0 saturated carbocycles. The minimum Gasteiger partial charge on any atom is -0.324 e. The van der Waals surface area contributed by atoms with Crippen LogP contribution in [0, 0.1) is 0 Å². The van der Waals surface area contributed by atoms with Gasteiger partial charge >= 0.3 is 0 Å². The van der Waals surface area contributed by atoms with Gasteiger partial charge in [-0.1, -0.05) is 27.5 Å². The van der Waals surface area contributed by atoms with Crippen LogP contribution in [-0.4, -0.2) is 10.5 Å². The van der Waals surface area contributed by atoms with Gasteiger partial charge in [0.2, 0.25) is 5.91 Å². The molecule has 2 rings (SSSR count). The van der Waals surface area contributed by atoms with Gasteiger partial charge in [0.1, 0.15) is 6.04 Å². The molecule has 20 heavy (non-hydrogen) atoms. The fourth-order valence-corrected chi connectivity index (χ4v) is 2.12. The molecule has 1 heterocycles. The van der Waals surface area contributed by atoms with Crippen molar-refractivity contribution in [1.29, 1.82) is 0 Å². The van der Waals surface area contributed by atoms with Gasteiger partial charge in [-0.05, 0) is 37.3 Å². The predicted molar refractivity (Wildman–Crippen MR) is 83.2 cm³/mol. The zero-order valence-corrected chi connectivity index (χ0v) is 13.0. The van der Waals surface area contributed by atoms with Crippen LogP contribution in [0.2, 0.25) is 5.02 Å². The van der Waals surface area contributed by atoms with E-state index in [0.717, 1.165) is 4.47 Å². The van der Waals surface area contributed by atoms with E-state index in [1.807, 2.05) is 12.1 Å². The zero-order chi connectivity index (χ0) is 14.7. The highest BCUT2D eigenvalue weighted by Gasteiger charge is 2.16. The number of amides is 1. The van der Waals surface area contributed by atoms with Gasteiger partial charge < -0.3 is 9.88 Å². The Morgan fingerprint density at radius 3 is 2.55 bits per heavy atom. The van der Waals surface area contributed by atoms with Crippen molar-refractivity contribution in [2.45, 2.75) is 13.0 Å². The maximum atomic E-state index is 12.1. The second kappa shape index (κ2) is 6.24. The van der Waals surface area contributed by atoms with Crippen LogP contribution in [0.15, 0.2) is 51.9 Å². The molecule has 0 aliphatic heterocycles. The molecule has 0 saturated heterocycles. The van der Waals surface area contributed by atoms with Gasteiger partial charge in [0.05, 0.1) is 5.02 Å². The molecule has 2 aromatic rings. The SMILES string of the molecule is CC(C(=O)Nc1ccc(Br)cc1)n1cc(Cl)ccc1=O. The monoisotopic (exact) mass is 354 g/mol. The molecule has 0 aliphatic rings. The van der Waals surface area contributed by atoms with E-state index in [-0.39, 0.29) is 11.5 Å². The summed E-state index contributed by atoms with van der Waals surface area (Å²) in [6.45, 7) is 1.64. The maximum absolute atomic E-state index is 12.1. The second-order valence-electron chi connectivity index (χ2n) is 4.26. The summed E-state index contributed by atoms with van der Waals surface area (Å²) in [4.78, 5) is 23.9. The largest absolute Gasteiger partial charge is 0.324 e. The Bertz CT molecular complexity index is 682. The summed E-state index contributed by atoms with van der Waals surface area (Å²) in [6, 6.07) is 9.39. The molecule has 1 N–H and O–H groups in total. The highest BCUT2D eigenvalue weighted by atomic mass is 79.9. The van der Waals surface area contributed by atoms with E-state index in [9.17, 15) is 9.59 Å².